The topological polar surface area (TPSA) is 52.6 Å². The van der Waals surface area contributed by atoms with Crippen molar-refractivity contribution in [3.05, 3.63) is 58.3 Å². The Morgan fingerprint density at radius 3 is 2.32 bits per heavy atom. The summed E-state index contributed by atoms with van der Waals surface area (Å²) in [6.45, 7) is 2.06. The fourth-order valence-corrected chi connectivity index (χ4v) is 5.61. The smallest absolute Gasteiger partial charge is 0.348 e. The van der Waals surface area contributed by atoms with E-state index in [1.807, 2.05) is 20.8 Å². The van der Waals surface area contributed by atoms with Gasteiger partial charge in [-0.2, -0.15) is 26.3 Å². The van der Waals surface area contributed by atoms with E-state index >= 15 is 0 Å². The van der Waals surface area contributed by atoms with Gasteiger partial charge in [0.2, 0.25) is 5.91 Å². The molecular formula is C25H24ClF6N5O. The number of hydrogen-bond acceptors (Lipinski definition) is 5. The zero-order valence-electron chi connectivity index (χ0n) is 20.1. The van der Waals surface area contributed by atoms with Crippen molar-refractivity contribution in [2.24, 2.45) is 0 Å². The summed E-state index contributed by atoms with van der Waals surface area (Å²) in [5, 5.41) is 6.75. The van der Waals surface area contributed by atoms with E-state index in [2.05, 4.69) is 10.2 Å². The Labute approximate surface area is 219 Å². The molecule has 0 radical (unpaired) electrons. The molecule has 1 aromatic heterocycles. The zero-order valence-corrected chi connectivity index (χ0v) is 20.8. The van der Waals surface area contributed by atoms with Crippen LogP contribution in [-0.2, 0) is 17.1 Å². The first-order valence-electron chi connectivity index (χ1n) is 12.2. The van der Waals surface area contributed by atoms with Crippen LogP contribution in [0.25, 0.3) is 5.57 Å². The van der Waals surface area contributed by atoms with E-state index in [9.17, 15) is 31.1 Å². The van der Waals surface area contributed by atoms with Gasteiger partial charge in [-0.05, 0) is 54.7 Å². The Hall–Kier alpha value is -2.86. The molecule has 2 unspecified atom stereocenters. The number of carbonyl (C=O) groups excluding carboxylic acids is 1. The lowest BCUT2D eigenvalue weighted by Gasteiger charge is -2.52. The molecule has 6 rings (SSSR count). The minimum Gasteiger partial charge on any atom is -0.348 e. The van der Waals surface area contributed by atoms with Crippen LogP contribution in [0.5, 0.6) is 0 Å². The molecule has 0 N–H and O–H groups in total. The standard InChI is InChI=1S/C25H24ClF6N5O/c26-20-4-1-16(11-19(20)24(27,28)29)15-7-9-35(10-8-15)14-23(38)37-13-17-2-3-18(37)12-36(17)22-6-5-21(33-34-22)25(30,31)32/h1,4-7,11,17-18H,2-3,8-10,12-14H2. The van der Waals surface area contributed by atoms with E-state index in [-0.39, 0.29) is 29.6 Å². The van der Waals surface area contributed by atoms with Crippen LogP contribution in [0.1, 0.15) is 36.1 Å². The van der Waals surface area contributed by atoms with Crippen molar-refractivity contribution in [3.8, 4) is 0 Å². The third kappa shape index (κ3) is 5.47. The number of alkyl halides is 6. The number of halogens is 7. The number of piperazine rings is 1. The molecule has 2 aromatic rings. The lowest BCUT2D eigenvalue weighted by Crippen LogP contribution is -2.65. The minimum atomic E-state index is -4.55. The molecule has 4 aliphatic rings. The van der Waals surface area contributed by atoms with Crippen molar-refractivity contribution < 1.29 is 31.1 Å². The van der Waals surface area contributed by atoms with Crippen LogP contribution in [-0.4, -0.2) is 70.7 Å². The van der Waals surface area contributed by atoms with Gasteiger partial charge < -0.3 is 9.80 Å². The van der Waals surface area contributed by atoms with E-state index < -0.39 is 23.6 Å². The monoisotopic (exact) mass is 559 g/mol. The van der Waals surface area contributed by atoms with Gasteiger partial charge in [0, 0.05) is 38.3 Å². The molecule has 0 spiro atoms. The number of carbonyl (C=O) groups is 1. The van der Waals surface area contributed by atoms with E-state index in [1.54, 1.807) is 6.07 Å². The molecule has 1 aromatic carbocycles. The summed E-state index contributed by atoms with van der Waals surface area (Å²) in [6.07, 6.45) is -5.16. The van der Waals surface area contributed by atoms with Gasteiger partial charge in [-0.25, -0.2) is 0 Å². The fourth-order valence-electron chi connectivity index (χ4n) is 5.39. The molecule has 2 atom stereocenters. The molecule has 2 bridgehead atoms. The molecule has 6 nitrogen and oxygen atoms in total. The van der Waals surface area contributed by atoms with Gasteiger partial charge in [0.1, 0.15) is 0 Å². The summed E-state index contributed by atoms with van der Waals surface area (Å²) in [4.78, 5) is 18.9. The van der Waals surface area contributed by atoms with Crippen LogP contribution in [0.3, 0.4) is 0 Å². The maximum atomic E-state index is 13.2. The Balaban J connectivity index is 1.19. The lowest BCUT2D eigenvalue weighted by molar-refractivity contribution is -0.142. The highest BCUT2D eigenvalue weighted by molar-refractivity contribution is 6.31. The molecule has 5 heterocycles. The second kappa shape index (κ2) is 10.0. The summed E-state index contributed by atoms with van der Waals surface area (Å²) in [7, 11) is 0. The third-order valence-corrected chi connectivity index (χ3v) is 7.71. The van der Waals surface area contributed by atoms with Crippen LogP contribution < -0.4 is 4.90 Å². The number of fused-ring (bicyclic) bond motifs is 3. The first-order chi connectivity index (χ1) is 17.9. The quantitative estimate of drug-likeness (QED) is 0.486. The molecule has 204 valence electrons. The number of piperidine rings is 2. The van der Waals surface area contributed by atoms with Gasteiger partial charge >= 0.3 is 12.4 Å². The number of aromatic nitrogens is 2. The predicted octanol–water partition coefficient (Wildman–Crippen LogP) is 5.14. The van der Waals surface area contributed by atoms with Crippen molar-refractivity contribution in [1.82, 2.24) is 20.0 Å². The molecule has 3 saturated heterocycles. The van der Waals surface area contributed by atoms with Gasteiger partial charge in [0.15, 0.2) is 11.5 Å². The van der Waals surface area contributed by atoms with Gasteiger partial charge in [-0.15, -0.1) is 10.2 Å². The average molecular weight is 560 g/mol. The second-order valence-electron chi connectivity index (χ2n) is 9.76. The van der Waals surface area contributed by atoms with Crippen molar-refractivity contribution in [1.29, 1.82) is 0 Å². The second-order valence-corrected chi connectivity index (χ2v) is 10.2. The van der Waals surface area contributed by atoms with Crippen LogP contribution in [0.15, 0.2) is 36.4 Å². The molecular weight excluding hydrogens is 536 g/mol. The SMILES string of the molecule is O=C(CN1CC=C(c2ccc(Cl)c(C(F)(F)F)c2)CC1)N1CC2CCC1CN2c1ccc(C(F)(F)F)nn1. The highest BCUT2D eigenvalue weighted by Crippen LogP contribution is 2.37. The first-order valence-corrected chi connectivity index (χ1v) is 12.5. The van der Waals surface area contributed by atoms with Crippen LogP contribution in [0.4, 0.5) is 32.2 Å². The molecule has 1 amide bonds. The Morgan fingerprint density at radius 1 is 0.974 bits per heavy atom. The summed E-state index contributed by atoms with van der Waals surface area (Å²) in [5.41, 5.74) is -0.670. The van der Waals surface area contributed by atoms with Crippen LogP contribution in [0.2, 0.25) is 5.02 Å². The fraction of sp³-hybridized carbons (Fsp3) is 0.480. The lowest BCUT2D eigenvalue weighted by atomic mass is 9.90. The highest BCUT2D eigenvalue weighted by Gasteiger charge is 2.42. The van der Waals surface area contributed by atoms with Crippen LogP contribution in [0, 0.1) is 0 Å². The summed E-state index contributed by atoms with van der Waals surface area (Å²) < 4.78 is 78.1. The molecule has 3 fully saturated rings. The molecule has 13 heteroatoms. The van der Waals surface area contributed by atoms with E-state index in [4.69, 9.17) is 11.6 Å². The number of amides is 1. The normalized spacial score (nSPS) is 22.6. The Bertz CT molecular complexity index is 1230. The minimum absolute atomic E-state index is 0.0412. The van der Waals surface area contributed by atoms with Crippen molar-refractivity contribution >= 4 is 28.9 Å². The third-order valence-electron chi connectivity index (χ3n) is 7.38. The first kappa shape index (κ1) is 26.7. The zero-order chi connectivity index (χ0) is 27.2. The number of hydrogen-bond donors (Lipinski definition) is 0. The Kier molecular flexibility index (Phi) is 7.06. The van der Waals surface area contributed by atoms with Crippen molar-refractivity contribution in [2.45, 2.75) is 43.7 Å². The number of rotatable bonds is 4. The number of nitrogens with zero attached hydrogens (tertiary/aromatic N) is 5. The maximum Gasteiger partial charge on any atom is 0.435 e. The highest BCUT2D eigenvalue weighted by atomic mass is 35.5. The Morgan fingerprint density at radius 2 is 1.74 bits per heavy atom. The van der Waals surface area contributed by atoms with Gasteiger partial charge in [-0.3, -0.25) is 9.69 Å². The van der Waals surface area contributed by atoms with E-state index in [0.717, 1.165) is 30.5 Å². The molecule has 0 aliphatic carbocycles. The molecule has 4 aliphatic heterocycles. The van der Waals surface area contributed by atoms with E-state index in [0.29, 0.717) is 44.0 Å². The van der Waals surface area contributed by atoms with Gasteiger partial charge in [-0.1, -0.05) is 23.7 Å². The summed E-state index contributed by atoms with van der Waals surface area (Å²) in [6, 6.07) is 5.98. The largest absolute Gasteiger partial charge is 0.435 e. The maximum absolute atomic E-state index is 13.2. The van der Waals surface area contributed by atoms with Crippen molar-refractivity contribution in [3.63, 3.8) is 0 Å². The number of anilines is 1. The van der Waals surface area contributed by atoms with Crippen molar-refractivity contribution in [2.75, 3.05) is 37.6 Å². The predicted molar refractivity (Wildman–Crippen MR) is 128 cm³/mol. The summed E-state index contributed by atoms with van der Waals surface area (Å²) >= 11 is 5.73. The van der Waals surface area contributed by atoms with Crippen LogP contribution >= 0.6 is 11.6 Å². The van der Waals surface area contributed by atoms with Gasteiger partial charge in [0.05, 0.1) is 17.1 Å². The number of benzene rings is 1. The van der Waals surface area contributed by atoms with E-state index in [1.165, 1.54) is 12.1 Å². The van der Waals surface area contributed by atoms with Gasteiger partial charge in [0.25, 0.3) is 0 Å². The molecule has 38 heavy (non-hydrogen) atoms. The molecule has 0 saturated carbocycles. The summed E-state index contributed by atoms with van der Waals surface area (Å²) in [5.74, 6) is 0.324. The average Bonchev–Trinajstić information content (AvgIpc) is 2.88.